The van der Waals surface area contributed by atoms with Gasteiger partial charge in [0.1, 0.15) is 17.6 Å². The van der Waals surface area contributed by atoms with Crippen LogP contribution in [0.25, 0.3) is 11.1 Å². The van der Waals surface area contributed by atoms with Crippen molar-refractivity contribution in [2.45, 2.75) is 30.8 Å². The molecule has 1 saturated heterocycles. The van der Waals surface area contributed by atoms with Crippen molar-refractivity contribution in [1.29, 1.82) is 0 Å². The molecule has 3 aromatic rings. The number of carbonyl (C=O) groups is 1. The molecule has 1 aliphatic heterocycles. The van der Waals surface area contributed by atoms with Crippen LogP contribution in [0.2, 0.25) is 0 Å². The number of ether oxygens (including phenoxy) is 2. The van der Waals surface area contributed by atoms with Crippen molar-refractivity contribution >= 4 is 15.9 Å². The van der Waals surface area contributed by atoms with E-state index in [4.69, 9.17) is 9.47 Å². The van der Waals surface area contributed by atoms with Crippen molar-refractivity contribution in [2.24, 2.45) is 0 Å². The molecule has 1 amide bonds. The zero-order chi connectivity index (χ0) is 24.3. The molecule has 0 aliphatic carbocycles. The van der Waals surface area contributed by atoms with Crippen LogP contribution in [0.4, 0.5) is 4.79 Å². The number of aromatic amines is 1. The number of likely N-dealkylation sites (tertiary alicyclic amines) is 1. The number of rotatable bonds is 5. The first-order valence-corrected chi connectivity index (χ1v) is 12.8. The summed E-state index contributed by atoms with van der Waals surface area (Å²) in [6.07, 6.45) is 3.24. The van der Waals surface area contributed by atoms with Gasteiger partial charge in [-0.25, -0.2) is 13.2 Å². The average molecular weight is 483 g/mol. The first-order valence-electron chi connectivity index (χ1n) is 10.9. The van der Waals surface area contributed by atoms with Crippen LogP contribution in [0.15, 0.2) is 70.5 Å². The van der Waals surface area contributed by atoms with Crippen molar-refractivity contribution in [3.8, 4) is 22.6 Å². The number of carbonyl (C=O) groups excluding carboxylic acids is 1. The molecule has 0 bridgehead atoms. The standard InChI is InChI=1S/C25H26N2O6S/c1-17-3-7-19(8-4-17)33-25(29)27-15-12-20(13-16-27)32-22-11-14-26-24(28)23(22)18-5-9-21(10-6-18)34(2,30)31/h3-11,14,20H,12-13,15-16H2,1-2H3,(H,26,28). The Balaban J connectivity index is 1.42. The van der Waals surface area contributed by atoms with E-state index in [0.29, 0.717) is 48.6 Å². The second-order valence-electron chi connectivity index (χ2n) is 8.33. The number of nitrogens with zero attached hydrogens (tertiary/aromatic N) is 1. The Hall–Kier alpha value is -3.59. The zero-order valence-corrected chi connectivity index (χ0v) is 19.8. The molecular formula is C25H26N2O6S. The molecule has 4 rings (SSSR count). The first kappa shape index (κ1) is 23.6. The van der Waals surface area contributed by atoms with E-state index in [1.54, 1.807) is 35.2 Å². The van der Waals surface area contributed by atoms with E-state index >= 15 is 0 Å². The van der Waals surface area contributed by atoms with Crippen molar-refractivity contribution in [2.75, 3.05) is 19.3 Å². The molecule has 178 valence electrons. The lowest BCUT2D eigenvalue weighted by Crippen LogP contribution is -2.43. The fourth-order valence-corrected chi connectivity index (χ4v) is 4.44. The van der Waals surface area contributed by atoms with Gasteiger partial charge in [0.2, 0.25) is 0 Å². The normalized spacial score (nSPS) is 14.6. The Labute approximate surface area is 198 Å². The van der Waals surface area contributed by atoms with E-state index in [9.17, 15) is 18.0 Å². The minimum Gasteiger partial charge on any atom is -0.489 e. The lowest BCUT2D eigenvalue weighted by Gasteiger charge is -2.31. The van der Waals surface area contributed by atoms with E-state index in [2.05, 4.69) is 4.98 Å². The summed E-state index contributed by atoms with van der Waals surface area (Å²) >= 11 is 0. The summed E-state index contributed by atoms with van der Waals surface area (Å²) < 4.78 is 35.1. The molecule has 0 atom stereocenters. The quantitative estimate of drug-likeness (QED) is 0.593. The van der Waals surface area contributed by atoms with Gasteiger partial charge in [0.05, 0.1) is 10.5 Å². The maximum Gasteiger partial charge on any atom is 0.415 e. The number of sulfone groups is 1. The second-order valence-corrected chi connectivity index (χ2v) is 10.3. The summed E-state index contributed by atoms with van der Waals surface area (Å²) in [5.41, 5.74) is 1.65. The van der Waals surface area contributed by atoms with Crippen LogP contribution in [-0.4, -0.2) is 49.8 Å². The second kappa shape index (κ2) is 9.72. The van der Waals surface area contributed by atoms with Crippen LogP contribution >= 0.6 is 0 Å². The molecule has 8 nitrogen and oxygen atoms in total. The van der Waals surface area contributed by atoms with Crippen LogP contribution in [0.5, 0.6) is 11.5 Å². The van der Waals surface area contributed by atoms with E-state index in [0.717, 1.165) is 11.8 Å². The van der Waals surface area contributed by atoms with Gasteiger partial charge in [-0.2, -0.15) is 0 Å². The third-order valence-electron chi connectivity index (χ3n) is 5.71. The van der Waals surface area contributed by atoms with Crippen molar-refractivity contribution in [3.63, 3.8) is 0 Å². The van der Waals surface area contributed by atoms with E-state index in [1.165, 1.54) is 18.3 Å². The summed E-state index contributed by atoms with van der Waals surface area (Å²) in [6, 6.07) is 15.1. The van der Waals surface area contributed by atoms with Gasteiger partial charge in [0, 0.05) is 38.4 Å². The minimum atomic E-state index is -3.34. The van der Waals surface area contributed by atoms with Crippen molar-refractivity contribution in [3.05, 3.63) is 76.7 Å². The number of H-pyrrole nitrogens is 1. The molecule has 34 heavy (non-hydrogen) atoms. The fraction of sp³-hybridized carbons (Fsp3) is 0.280. The van der Waals surface area contributed by atoms with Crippen LogP contribution in [0.3, 0.4) is 0 Å². The molecule has 0 unspecified atom stereocenters. The highest BCUT2D eigenvalue weighted by atomic mass is 32.2. The Kier molecular flexibility index (Phi) is 6.74. The minimum absolute atomic E-state index is 0.177. The number of hydrogen-bond acceptors (Lipinski definition) is 6. The number of amides is 1. The number of aryl methyl sites for hydroxylation is 1. The lowest BCUT2D eigenvalue weighted by atomic mass is 10.1. The first-order chi connectivity index (χ1) is 16.2. The summed E-state index contributed by atoms with van der Waals surface area (Å²) in [7, 11) is -3.34. The van der Waals surface area contributed by atoms with Gasteiger partial charge in [-0.1, -0.05) is 29.8 Å². The molecule has 9 heteroatoms. The van der Waals surface area contributed by atoms with E-state index in [-0.39, 0.29) is 16.6 Å². The molecule has 1 aliphatic rings. The molecular weight excluding hydrogens is 456 g/mol. The van der Waals surface area contributed by atoms with E-state index < -0.39 is 15.9 Å². The molecule has 1 N–H and O–H groups in total. The number of aromatic nitrogens is 1. The van der Waals surface area contributed by atoms with Crippen LogP contribution in [0.1, 0.15) is 18.4 Å². The topological polar surface area (TPSA) is 106 Å². The molecule has 0 radical (unpaired) electrons. The van der Waals surface area contributed by atoms with Gasteiger partial charge in [-0.05, 0) is 42.8 Å². The van der Waals surface area contributed by atoms with Gasteiger partial charge in [0.15, 0.2) is 9.84 Å². The maximum atomic E-state index is 12.6. The Morgan fingerprint density at radius 3 is 2.26 bits per heavy atom. The van der Waals surface area contributed by atoms with E-state index in [1.807, 2.05) is 19.1 Å². The van der Waals surface area contributed by atoms with Gasteiger partial charge >= 0.3 is 6.09 Å². The number of piperidine rings is 1. The highest BCUT2D eigenvalue weighted by molar-refractivity contribution is 7.90. The molecule has 0 saturated carbocycles. The predicted molar refractivity (Wildman–Crippen MR) is 128 cm³/mol. The Morgan fingerprint density at radius 1 is 1.00 bits per heavy atom. The highest BCUT2D eigenvalue weighted by Crippen LogP contribution is 2.29. The van der Waals surface area contributed by atoms with Crippen LogP contribution in [0, 0.1) is 6.92 Å². The zero-order valence-electron chi connectivity index (χ0n) is 19.0. The number of nitrogens with one attached hydrogen (secondary N) is 1. The third kappa shape index (κ3) is 5.48. The summed E-state index contributed by atoms with van der Waals surface area (Å²) in [5.74, 6) is 0.917. The van der Waals surface area contributed by atoms with Gasteiger partial charge in [-0.15, -0.1) is 0 Å². The van der Waals surface area contributed by atoms with Crippen LogP contribution < -0.4 is 15.0 Å². The van der Waals surface area contributed by atoms with Gasteiger partial charge in [-0.3, -0.25) is 4.79 Å². The van der Waals surface area contributed by atoms with Gasteiger partial charge in [0.25, 0.3) is 5.56 Å². The number of pyridine rings is 1. The number of benzene rings is 2. The maximum absolute atomic E-state index is 12.6. The average Bonchev–Trinajstić information content (AvgIpc) is 2.81. The largest absolute Gasteiger partial charge is 0.489 e. The Morgan fingerprint density at radius 2 is 1.65 bits per heavy atom. The van der Waals surface area contributed by atoms with Gasteiger partial charge < -0.3 is 19.4 Å². The Bertz CT molecular complexity index is 1320. The van der Waals surface area contributed by atoms with Crippen LogP contribution in [-0.2, 0) is 9.84 Å². The molecule has 2 aromatic carbocycles. The monoisotopic (exact) mass is 482 g/mol. The summed E-state index contributed by atoms with van der Waals surface area (Å²) in [6.45, 7) is 2.90. The summed E-state index contributed by atoms with van der Waals surface area (Å²) in [4.78, 5) is 29.5. The molecule has 1 fully saturated rings. The SMILES string of the molecule is Cc1ccc(OC(=O)N2CCC(Oc3cc[nH]c(=O)c3-c3ccc(S(C)(=O)=O)cc3)CC2)cc1. The lowest BCUT2D eigenvalue weighted by molar-refractivity contribution is 0.0932. The van der Waals surface area contributed by atoms with Crippen molar-refractivity contribution < 1.29 is 22.7 Å². The molecule has 2 heterocycles. The summed E-state index contributed by atoms with van der Waals surface area (Å²) in [5, 5.41) is 0. The molecule has 1 aromatic heterocycles. The number of hydrogen-bond donors (Lipinski definition) is 1. The molecule has 0 spiro atoms. The third-order valence-corrected chi connectivity index (χ3v) is 6.84. The van der Waals surface area contributed by atoms with Crippen molar-refractivity contribution in [1.82, 2.24) is 9.88 Å². The smallest absolute Gasteiger partial charge is 0.415 e. The highest BCUT2D eigenvalue weighted by Gasteiger charge is 2.26. The predicted octanol–water partition coefficient (Wildman–Crippen LogP) is 3.80. The fourth-order valence-electron chi connectivity index (χ4n) is 3.81.